The second kappa shape index (κ2) is 7.44. The van der Waals surface area contributed by atoms with E-state index in [2.05, 4.69) is 47.4 Å². The summed E-state index contributed by atoms with van der Waals surface area (Å²) in [6, 6.07) is 16.7. The van der Waals surface area contributed by atoms with Crippen LogP contribution in [0.15, 0.2) is 54.7 Å². The lowest BCUT2D eigenvalue weighted by Crippen LogP contribution is -1.79. The number of hydrogen-bond acceptors (Lipinski definition) is 1. The van der Waals surface area contributed by atoms with Crippen LogP contribution in [-0.4, -0.2) is 4.98 Å². The van der Waals surface area contributed by atoms with E-state index in [-0.39, 0.29) is 0 Å². The van der Waals surface area contributed by atoms with Crippen LogP contribution in [-0.2, 0) is 0 Å². The molecule has 3 rings (SSSR count). The molecule has 18 heavy (non-hydrogen) atoms. The first-order valence-electron chi connectivity index (χ1n) is 6.68. The lowest BCUT2D eigenvalue weighted by molar-refractivity contribution is 1.43. The van der Waals surface area contributed by atoms with Crippen molar-refractivity contribution in [1.82, 2.24) is 4.98 Å². The minimum absolute atomic E-state index is 1.09. The molecule has 1 heteroatoms. The van der Waals surface area contributed by atoms with Crippen molar-refractivity contribution >= 4 is 21.7 Å². The fourth-order valence-electron chi connectivity index (χ4n) is 1.81. The molecule has 0 radical (unpaired) electrons. The highest BCUT2D eigenvalue weighted by molar-refractivity contribution is 6.04. The first-order chi connectivity index (χ1) is 8.95. The second-order valence-corrected chi connectivity index (χ2v) is 3.36. The van der Waals surface area contributed by atoms with Crippen LogP contribution in [0.4, 0.5) is 0 Å². The van der Waals surface area contributed by atoms with Crippen molar-refractivity contribution in [3.63, 3.8) is 0 Å². The molecule has 0 unspecified atom stereocenters. The van der Waals surface area contributed by atoms with Gasteiger partial charge in [-0.15, -0.1) is 0 Å². The molecule has 0 N–H and O–H groups in total. The van der Waals surface area contributed by atoms with Gasteiger partial charge >= 0.3 is 0 Å². The van der Waals surface area contributed by atoms with Crippen LogP contribution in [0.5, 0.6) is 0 Å². The molecule has 0 fully saturated rings. The Kier molecular flexibility index (Phi) is 5.86. The van der Waals surface area contributed by atoms with Gasteiger partial charge in [0.05, 0.1) is 5.52 Å². The van der Waals surface area contributed by atoms with Crippen molar-refractivity contribution in [2.24, 2.45) is 0 Å². The summed E-state index contributed by atoms with van der Waals surface area (Å²) in [6.07, 6.45) is 1.84. The second-order valence-electron chi connectivity index (χ2n) is 3.36. The average Bonchev–Trinajstić information content (AvgIpc) is 2.51. The van der Waals surface area contributed by atoms with Crippen LogP contribution < -0.4 is 0 Å². The van der Waals surface area contributed by atoms with Crippen LogP contribution >= 0.6 is 0 Å². The summed E-state index contributed by atoms with van der Waals surface area (Å²) in [5.74, 6) is 0. The van der Waals surface area contributed by atoms with E-state index in [1.165, 1.54) is 16.2 Å². The first kappa shape index (κ1) is 14.2. The summed E-state index contributed by atoms with van der Waals surface area (Å²) in [6.45, 7) is 8.00. The Hall–Kier alpha value is -1.89. The van der Waals surface area contributed by atoms with E-state index in [1.54, 1.807) is 0 Å². The van der Waals surface area contributed by atoms with Crippen LogP contribution in [0, 0.1) is 0 Å². The molecular weight excluding hydrogens is 218 g/mol. The molecule has 0 atom stereocenters. The van der Waals surface area contributed by atoms with Crippen molar-refractivity contribution < 1.29 is 0 Å². The molecule has 0 aliphatic carbocycles. The normalized spacial score (nSPS) is 9.11. The molecule has 1 aromatic heterocycles. The molecule has 0 saturated heterocycles. The minimum atomic E-state index is 1.09. The molecule has 3 aromatic rings. The van der Waals surface area contributed by atoms with Gasteiger partial charge in [-0.2, -0.15) is 0 Å². The third-order valence-electron chi connectivity index (χ3n) is 2.50. The molecule has 0 spiro atoms. The summed E-state index contributed by atoms with van der Waals surface area (Å²) in [4.78, 5) is 4.41. The van der Waals surface area contributed by atoms with E-state index in [1.807, 2.05) is 40.0 Å². The smallest absolute Gasteiger partial charge is 0.0780 e. The van der Waals surface area contributed by atoms with Gasteiger partial charge in [0.25, 0.3) is 0 Å². The third kappa shape index (κ3) is 2.86. The molecule has 94 valence electrons. The minimum Gasteiger partial charge on any atom is -0.256 e. The van der Waals surface area contributed by atoms with Crippen molar-refractivity contribution in [2.45, 2.75) is 27.7 Å². The predicted octanol–water partition coefficient (Wildman–Crippen LogP) is 5.44. The van der Waals surface area contributed by atoms with E-state index in [9.17, 15) is 0 Å². The van der Waals surface area contributed by atoms with Gasteiger partial charge in [0.15, 0.2) is 0 Å². The maximum atomic E-state index is 4.41. The predicted molar refractivity (Wildman–Crippen MR) is 81.9 cm³/mol. The largest absolute Gasteiger partial charge is 0.256 e. The topological polar surface area (TPSA) is 12.9 Å². The first-order valence-corrected chi connectivity index (χ1v) is 6.68. The number of pyridine rings is 1. The fraction of sp³-hybridized carbons (Fsp3) is 0.235. The Balaban J connectivity index is 0.000000371. The summed E-state index contributed by atoms with van der Waals surface area (Å²) < 4.78 is 0. The average molecular weight is 239 g/mol. The molecule has 0 aliphatic heterocycles. The van der Waals surface area contributed by atoms with Crippen LogP contribution in [0.25, 0.3) is 21.7 Å². The number of hydrogen-bond donors (Lipinski definition) is 0. The molecule has 0 amide bonds. The standard InChI is InChI=1S/C13H9N.2C2H6/c1-2-6-12-10(4-1)7-8-11-5-3-9-14-13(11)12;2*1-2/h1-9H;2*1-2H3. The highest BCUT2D eigenvalue weighted by Gasteiger charge is 1.98. The molecular formula is C17H21N. The lowest BCUT2D eigenvalue weighted by Gasteiger charge is -2.01. The Morgan fingerprint density at radius 3 is 2.06 bits per heavy atom. The van der Waals surface area contributed by atoms with Crippen molar-refractivity contribution in [2.75, 3.05) is 0 Å². The van der Waals surface area contributed by atoms with E-state index in [0.29, 0.717) is 0 Å². The maximum Gasteiger partial charge on any atom is 0.0780 e. The van der Waals surface area contributed by atoms with Crippen LogP contribution in [0.3, 0.4) is 0 Å². The molecule has 2 aromatic carbocycles. The Bertz CT molecular complexity index is 545. The van der Waals surface area contributed by atoms with Gasteiger partial charge in [-0.3, -0.25) is 4.98 Å². The monoisotopic (exact) mass is 239 g/mol. The SMILES string of the molecule is CC.CC.c1ccc2c(c1)ccc1cccnc12. The number of aromatic nitrogens is 1. The van der Waals surface area contributed by atoms with Gasteiger partial charge < -0.3 is 0 Å². The molecule has 1 heterocycles. The van der Waals surface area contributed by atoms with Crippen molar-refractivity contribution in [3.05, 3.63) is 54.7 Å². The Labute approximate surface area is 109 Å². The summed E-state index contributed by atoms with van der Waals surface area (Å²) in [5, 5.41) is 3.68. The zero-order valence-electron chi connectivity index (χ0n) is 11.6. The summed E-state index contributed by atoms with van der Waals surface area (Å²) in [7, 11) is 0. The van der Waals surface area contributed by atoms with E-state index in [4.69, 9.17) is 0 Å². The van der Waals surface area contributed by atoms with Crippen LogP contribution in [0.2, 0.25) is 0 Å². The molecule has 0 bridgehead atoms. The van der Waals surface area contributed by atoms with Gasteiger partial charge in [0.2, 0.25) is 0 Å². The van der Waals surface area contributed by atoms with E-state index >= 15 is 0 Å². The quantitative estimate of drug-likeness (QED) is 0.476. The van der Waals surface area contributed by atoms with Crippen molar-refractivity contribution in [3.8, 4) is 0 Å². The van der Waals surface area contributed by atoms with Crippen molar-refractivity contribution in [1.29, 1.82) is 0 Å². The Morgan fingerprint density at radius 2 is 1.28 bits per heavy atom. The Morgan fingerprint density at radius 1 is 0.667 bits per heavy atom. The molecule has 0 saturated carbocycles. The summed E-state index contributed by atoms with van der Waals surface area (Å²) >= 11 is 0. The van der Waals surface area contributed by atoms with Crippen LogP contribution in [0.1, 0.15) is 27.7 Å². The highest BCUT2D eigenvalue weighted by Crippen LogP contribution is 2.22. The van der Waals surface area contributed by atoms with E-state index < -0.39 is 0 Å². The number of benzene rings is 2. The zero-order chi connectivity index (χ0) is 13.4. The maximum absolute atomic E-state index is 4.41. The van der Waals surface area contributed by atoms with Gasteiger partial charge in [0, 0.05) is 17.0 Å². The number of fused-ring (bicyclic) bond motifs is 3. The third-order valence-corrected chi connectivity index (χ3v) is 2.50. The summed E-state index contributed by atoms with van der Waals surface area (Å²) in [5.41, 5.74) is 1.09. The number of nitrogens with zero attached hydrogens (tertiary/aromatic N) is 1. The lowest BCUT2D eigenvalue weighted by atomic mass is 10.1. The highest BCUT2D eigenvalue weighted by atomic mass is 14.6. The fourth-order valence-corrected chi connectivity index (χ4v) is 1.81. The molecule has 0 aliphatic rings. The van der Waals surface area contributed by atoms with Gasteiger partial charge in [-0.1, -0.05) is 70.2 Å². The van der Waals surface area contributed by atoms with Gasteiger partial charge in [0.1, 0.15) is 0 Å². The van der Waals surface area contributed by atoms with Gasteiger partial charge in [-0.05, 0) is 11.5 Å². The molecule has 1 nitrogen and oxygen atoms in total. The van der Waals surface area contributed by atoms with Gasteiger partial charge in [-0.25, -0.2) is 0 Å². The van der Waals surface area contributed by atoms with E-state index in [0.717, 1.165) is 5.52 Å². The zero-order valence-corrected chi connectivity index (χ0v) is 11.6. The number of rotatable bonds is 0.